The van der Waals surface area contributed by atoms with Crippen molar-refractivity contribution in [3.8, 4) is 0 Å². The maximum atomic E-state index is 13.1. The summed E-state index contributed by atoms with van der Waals surface area (Å²) in [5.74, 6) is -5.68. The van der Waals surface area contributed by atoms with E-state index in [2.05, 4.69) is 5.32 Å². The zero-order valence-electron chi connectivity index (χ0n) is 10.9. The molecule has 0 aliphatic rings. The molecule has 0 radical (unpaired) electrons. The zero-order chi connectivity index (χ0) is 15.6. The van der Waals surface area contributed by atoms with Crippen molar-refractivity contribution in [3.63, 3.8) is 0 Å². The molecule has 0 aliphatic carbocycles. The maximum absolute atomic E-state index is 13.1. The zero-order valence-corrected chi connectivity index (χ0v) is 10.9. The number of para-hydroxylation sites is 1. The summed E-state index contributed by atoms with van der Waals surface area (Å²) in [7, 11) is 0. The Balaban J connectivity index is 2.33. The number of hydrogen-bond acceptors (Lipinski definition) is 2. The second-order valence-corrected chi connectivity index (χ2v) is 4.31. The molecule has 0 aliphatic heterocycles. The monoisotopic (exact) mass is 293 g/mol. The van der Waals surface area contributed by atoms with E-state index in [0.717, 1.165) is 0 Å². The number of anilines is 1. The number of halogens is 3. The number of amides is 1. The number of nitrogens with one attached hydrogen (secondary N) is 1. The molecule has 0 heterocycles. The molecule has 1 amide bonds. The molecule has 0 bridgehead atoms. The van der Waals surface area contributed by atoms with Gasteiger partial charge in [0, 0.05) is 11.1 Å². The van der Waals surface area contributed by atoms with Gasteiger partial charge >= 0.3 is 0 Å². The number of carbonyl (C=O) groups is 2. The number of hydrogen-bond donors (Lipinski definition) is 1. The first-order valence-corrected chi connectivity index (χ1v) is 5.96. The van der Waals surface area contributed by atoms with E-state index in [9.17, 15) is 22.8 Å². The predicted octanol–water partition coefficient (Wildman–Crippen LogP) is 3.56. The molecule has 1 N–H and O–H groups in total. The summed E-state index contributed by atoms with van der Waals surface area (Å²) >= 11 is 0. The third-order valence-corrected chi connectivity index (χ3v) is 2.80. The van der Waals surface area contributed by atoms with E-state index in [4.69, 9.17) is 0 Å². The van der Waals surface area contributed by atoms with Crippen LogP contribution in [-0.2, 0) is 0 Å². The van der Waals surface area contributed by atoms with Crippen LogP contribution in [0.4, 0.5) is 18.9 Å². The topological polar surface area (TPSA) is 46.2 Å². The van der Waals surface area contributed by atoms with Gasteiger partial charge in [-0.05, 0) is 31.2 Å². The number of benzene rings is 2. The van der Waals surface area contributed by atoms with Crippen LogP contribution in [0.15, 0.2) is 36.4 Å². The second-order valence-electron chi connectivity index (χ2n) is 4.31. The second kappa shape index (κ2) is 5.78. The van der Waals surface area contributed by atoms with Gasteiger partial charge in [-0.25, -0.2) is 13.2 Å². The standard InChI is InChI=1S/C15H10F3NO2/c1-8(20)10-4-2-3-5-13(10)19-15(21)9-6-11(16)14(18)12(17)7-9/h2-7H,1H3,(H,19,21). The molecule has 2 aromatic rings. The van der Waals surface area contributed by atoms with Crippen molar-refractivity contribution in [3.05, 3.63) is 65.0 Å². The molecule has 21 heavy (non-hydrogen) atoms. The first kappa shape index (κ1) is 14.8. The molecule has 3 nitrogen and oxygen atoms in total. The van der Waals surface area contributed by atoms with Gasteiger partial charge in [-0.3, -0.25) is 9.59 Å². The van der Waals surface area contributed by atoms with Gasteiger partial charge in [0.25, 0.3) is 5.91 Å². The highest BCUT2D eigenvalue weighted by atomic mass is 19.2. The summed E-state index contributed by atoms with van der Waals surface area (Å²) < 4.78 is 39.0. The van der Waals surface area contributed by atoms with E-state index >= 15 is 0 Å². The Morgan fingerprint density at radius 3 is 2.14 bits per heavy atom. The van der Waals surface area contributed by atoms with Gasteiger partial charge in [0.05, 0.1) is 5.69 Å². The molecule has 0 saturated carbocycles. The van der Waals surface area contributed by atoms with Crippen LogP contribution in [0.5, 0.6) is 0 Å². The van der Waals surface area contributed by atoms with Crippen LogP contribution in [0.3, 0.4) is 0 Å². The highest BCUT2D eigenvalue weighted by molar-refractivity contribution is 6.08. The van der Waals surface area contributed by atoms with Crippen molar-refractivity contribution in [1.82, 2.24) is 0 Å². The fourth-order valence-electron chi connectivity index (χ4n) is 1.78. The van der Waals surface area contributed by atoms with Crippen molar-refractivity contribution in [2.45, 2.75) is 6.92 Å². The lowest BCUT2D eigenvalue weighted by molar-refractivity contribution is 0.101. The van der Waals surface area contributed by atoms with Crippen LogP contribution in [0.2, 0.25) is 0 Å². The minimum atomic E-state index is -1.64. The number of rotatable bonds is 3. The fourth-order valence-corrected chi connectivity index (χ4v) is 1.78. The molecule has 0 aromatic heterocycles. The summed E-state index contributed by atoms with van der Waals surface area (Å²) in [5, 5.41) is 2.37. The largest absolute Gasteiger partial charge is 0.321 e. The third kappa shape index (κ3) is 3.10. The van der Waals surface area contributed by atoms with Crippen molar-refractivity contribution >= 4 is 17.4 Å². The van der Waals surface area contributed by atoms with Gasteiger partial charge in [0.1, 0.15) is 0 Å². The van der Waals surface area contributed by atoms with Gasteiger partial charge in [0.15, 0.2) is 23.2 Å². The highest BCUT2D eigenvalue weighted by Gasteiger charge is 2.16. The Hall–Kier alpha value is -2.63. The Labute approximate surface area is 118 Å². The number of Topliss-reactive ketones (excluding diaryl/α,β-unsaturated/α-hetero) is 1. The molecule has 0 unspecified atom stereocenters. The smallest absolute Gasteiger partial charge is 0.255 e. The highest BCUT2D eigenvalue weighted by Crippen LogP contribution is 2.18. The van der Waals surface area contributed by atoms with Crippen molar-refractivity contribution in [2.24, 2.45) is 0 Å². The van der Waals surface area contributed by atoms with Crippen molar-refractivity contribution in [1.29, 1.82) is 0 Å². The molecule has 2 aromatic carbocycles. The lowest BCUT2D eigenvalue weighted by Gasteiger charge is -2.09. The van der Waals surface area contributed by atoms with E-state index in [1.54, 1.807) is 12.1 Å². The Kier molecular flexibility index (Phi) is 4.07. The summed E-state index contributed by atoms with van der Waals surface area (Å²) in [6.07, 6.45) is 0. The molecule has 0 atom stereocenters. The SMILES string of the molecule is CC(=O)c1ccccc1NC(=O)c1cc(F)c(F)c(F)c1. The number of ketones is 1. The van der Waals surface area contributed by atoms with E-state index in [1.807, 2.05) is 0 Å². The van der Waals surface area contributed by atoms with E-state index in [0.29, 0.717) is 12.1 Å². The minimum absolute atomic E-state index is 0.208. The van der Waals surface area contributed by atoms with Crippen LogP contribution in [-0.4, -0.2) is 11.7 Å². The van der Waals surface area contributed by atoms with Gasteiger partial charge in [-0.2, -0.15) is 0 Å². The van der Waals surface area contributed by atoms with E-state index < -0.39 is 23.4 Å². The molecular weight excluding hydrogens is 283 g/mol. The van der Waals surface area contributed by atoms with Crippen LogP contribution >= 0.6 is 0 Å². The third-order valence-electron chi connectivity index (χ3n) is 2.80. The van der Waals surface area contributed by atoms with Crippen molar-refractivity contribution < 1.29 is 22.8 Å². The molecule has 0 spiro atoms. The lowest BCUT2D eigenvalue weighted by atomic mass is 10.1. The normalized spacial score (nSPS) is 10.3. The minimum Gasteiger partial charge on any atom is -0.321 e. The molecule has 0 saturated heterocycles. The summed E-state index contributed by atoms with van der Waals surface area (Å²) in [6, 6.07) is 7.36. The Morgan fingerprint density at radius 2 is 1.57 bits per heavy atom. The quantitative estimate of drug-likeness (QED) is 0.694. The average Bonchev–Trinajstić information content (AvgIpc) is 2.44. The van der Waals surface area contributed by atoms with Gasteiger partial charge in [-0.1, -0.05) is 12.1 Å². The fraction of sp³-hybridized carbons (Fsp3) is 0.0667. The summed E-state index contributed by atoms with van der Waals surface area (Å²) in [5.41, 5.74) is 0.0822. The van der Waals surface area contributed by atoms with Crippen molar-refractivity contribution in [2.75, 3.05) is 5.32 Å². The molecule has 108 valence electrons. The van der Waals surface area contributed by atoms with Crippen LogP contribution < -0.4 is 5.32 Å². The summed E-state index contributed by atoms with van der Waals surface area (Å²) in [4.78, 5) is 23.3. The first-order valence-electron chi connectivity index (χ1n) is 5.96. The van der Waals surface area contributed by atoms with Crippen LogP contribution in [0.1, 0.15) is 27.6 Å². The van der Waals surface area contributed by atoms with Gasteiger partial charge in [0.2, 0.25) is 0 Å². The number of carbonyl (C=O) groups excluding carboxylic acids is 2. The van der Waals surface area contributed by atoms with E-state index in [-0.39, 0.29) is 22.6 Å². The average molecular weight is 293 g/mol. The molecule has 2 rings (SSSR count). The molecule has 6 heteroatoms. The Bertz CT molecular complexity index is 706. The summed E-state index contributed by atoms with van der Waals surface area (Å²) in [6.45, 7) is 1.32. The molecule has 0 fully saturated rings. The Morgan fingerprint density at radius 1 is 1.00 bits per heavy atom. The first-order chi connectivity index (χ1) is 9.90. The van der Waals surface area contributed by atoms with Crippen LogP contribution in [0, 0.1) is 17.5 Å². The molecular formula is C15H10F3NO2. The van der Waals surface area contributed by atoms with Gasteiger partial charge < -0.3 is 5.32 Å². The maximum Gasteiger partial charge on any atom is 0.255 e. The van der Waals surface area contributed by atoms with Crippen LogP contribution in [0.25, 0.3) is 0 Å². The predicted molar refractivity (Wildman–Crippen MR) is 70.7 cm³/mol. The van der Waals surface area contributed by atoms with Gasteiger partial charge in [-0.15, -0.1) is 0 Å². The van der Waals surface area contributed by atoms with E-state index in [1.165, 1.54) is 19.1 Å². The lowest BCUT2D eigenvalue weighted by Crippen LogP contribution is -2.15.